The summed E-state index contributed by atoms with van der Waals surface area (Å²) in [6.45, 7) is 5.04. The fourth-order valence-electron chi connectivity index (χ4n) is 2.45. The van der Waals surface area contributed by atoms with Crippen molar-refractivity contribution >= 4 is 0 Å². The minimum Gasteiger partial charge on any atom is -0.494 e. The third-order valence-electron chi connectivity index (χ3n) is 3.92. The van der Waals surface area contributed by atoms with E-state index in [0.29, 0.717) is 0 Å². The van der Waals surface area contributed by atoms with E-state index in [1.807, 2.05) is 31.2 Å². The maximum atomic E-state index is 9.73. The molecule has 0 unspecified atom stereocenters. The van der Waals surface area contributed by atoms with Gasteiger partial charge >= 0.3 is 0 Å². The molecular formula is C19H32O2. The van der Waals surface area contributed by atoms with Crippen LogP contribution in [0.5, 0.6) is 5.75 Å². The van der Waals surface area contributed by atoms with Gasteiger partial charge in [0.25, 0.3) is 0 Å². The Labute approximate surface area is 130 Å². The van der Waals surface area contributed by atoms with Crippen molar-refractivity contribution < 1.29 is 9.84 Å². The third-order valence-corrected chi connectivity index (χ3v) is 3.92. The van der Waals surface area contributed by atoms with E-state index in [1.54, 1.807) is 0 Å². The lowest BCUT2D eigenvalue weighted by Crippen LogP contribution is -1.99. The molecule has 0 fully saturated rings. The average Bonchev–Trinajstić information content (AvgIpc) is 2.53. The lowest BCUT2D eigenvalue weighted by molar-refractivity contribution is 0.173. The van der Waals surface area contributed by atoms with Crippen molar-refractivity contribution in [1.82, 2.24) is 0 Å². The molecular weight excluding hydrogens is 260 g/mol. The largest absolute Gasteiger partial charge is 0.494 e. The Kier molecular flexibility index (Phi) is 9.98. The summed E-state index contributed by atoms with van der Waals surface area (Å²) in [4.78, 5) is 0. The van der Waals surface area contributed by atoms with Crippen molar-refractivity contribution in [1.29, 1.82) is 0 Å². The molecule has 0 aliphatic heterocycles. The van der Waals surface area contributed by atoms with Gasteiger partial charge in [0.1, 0.15) is 5.75 Å². The highest BCUT2D eigenvalue weighted by Gasteiger charge is 2.04. The first kappa shape index (κ1) is 18.0. The first-order valence-electron chi connectivity index (χ1n) is 8.68. The first-order valence-corrected chi connectivity index (χ1v) is 8.68. The van der Waals surface area contributed by atoms with E-state index < -0.39 is 0 Å². The van der Waals surface area contributed by atoms with E-state index in [0.717, 1.165) is 30.8 Å². The fourth-order valence-corrected chi connectivity index (χ4v) is 2.45. The van der Waals surface area contributed by atoms with Gasteiger partial charge in [-0.15, -0.1) is 0 Å². The molecule has 0 aliphatic carbocycles. The molecule has 0 amide bonds. The van der Waals surface area contributed by atoms with Gasteiger partial charge in [0.15, 0.2) is 0 Å². The number of hydrogen-bond acceptors (Lipinski definition) is 2. The average molecular weight is 292 g/mol. The van der Waals surface area contributed by atoms with Crippen LogP contribution in [0.1, 0.15) is 83.3 Å². The number of unbranched alkanes of at least 4 members (excludes halogenated alkanes) is 7. The predicted octanol–water partition coefficient (Wildman–Crippen LogP) is 5.65. The van der Waals surface area contributed by atoms with Gasteiger partial charge in [-0.1, -0.05) is 70.9 Å². The Morgan fingerprint density at radius 2 is 1.43 bits per heavy atom. The molecule has 1 rings (SSSR count). The van der Waals surface area contributed by atoms with Crippen LogP contribution in [0.3, 0.4) is 0 Å². The SMILES string of the molecule is CCCCCCCCCCOc1ccc([C@H](O)CC)cc1. The Morgan fingerprint density at radius 3 is 2.00 bits per heavy atom. The molecule has 0 radical (unpaired) electrons. The molecule has 1 aromatic carbocycles. The number of benzene rings is 1. The maximum Gasteiger partial charge on any atom is 0.119 e. The smallest absolute Gasteiger partial charge is 0.119 e. The van der Waals surface area contributed by atoms with Crippen LogP contribution in [-0.2, 0) is 0 Å². The molecule has 0 aromatic heterocycles. The van der Waals surface area contributed by atoms with Crippen molar-refractivity contribution in [2.24, 2.45) is 0 Å². The highest BCUT2D eigenvalue weighted by Crippen LogP contribution is 2.20. The van der Waals surface area contributed by atoms with Crippen LogP contribution >= 0.6 is 0 Å². The quantitative estimate of drug-likeness (QED) is 0.504. The van der Waals surface area contributed by atoms with Gasteiger partial charge in [0.2, 0.25) is 0 Å². The van der Waals surface area contributed by atoms with E-state index in [4.69, 9.17) is 4.74 Å². The summed E-state index contributed by atoms with van der Waals surface area (Å²) in [6, 6.07) is 7.83. The van der Waals surface area contributed by atoms with Gasteiger partial charge in [-0.25, -0.2) is 0 Å². The molecule has 0 spiro atoms. The summed E-state index contributed by atoms with van der Waals surface area (Å²) in [6.07, 6.45) is 11.0. The van der Waals surface area contributed by atoms with Crippen molar-refractivity contribution in [2.45, 2.75) is 77.7 Å². The lowest BCUT2D eigenvalue weighted by atomic mass is 10.1. The predicted molar refractivity (Wildman–Crippen MR) is 89.8 cm³/mol. The minimum atomic E-state index is -0.355. The molecule has 1 aromatic rings. The molecule has 0 bridgehead atoms. The topological polar surface area (TPSA) is 29.5 Å². The number of aliphatic hydroxyl groups is 1. The van der Waals surface area contributed by atoms with Gasteiger partial charge in [-0.05, 0) is 30.5 Å². The van der Waals surface area contributed by atoms with Crippen LogP contribution in [0.25, 0.3) is 0 Å². The van der Waals surface area contributed by atoms with E-state index >= 15 is 0 Å². The zero-order valence-electron chi connectivity index (χ0n) is 13.8. The van der Waals surface area contributed by atoms with Crippen LogP contribution in [-0.4, -0.2) is 11.7 Å². The van der Waals surface area contributed by atoms with Crippen LogP contribution in [0.4, 0.5) is 0 Å². The summed E-state index contributed by atoms with van der Waals surface area (Å²) in [5, 5.41) is 9.73. The number of aliphatic hydroxyl groups excluding tert-OH is 1. The summed E-state index contributed by atoms with van der Waals surface area (Å²) in [5.41, 5.74) is 0.969. The molecule has 0 saturated heterocycles. The van der Waals surface area contributed by atoms with Crippen LogP contribution in [0.15, 0.2) is 24.3 Å². The van der Waals surface area contributed by atoms with Gasteiger partial charge in [-0.2, -0.15) is 0 Å². The number of hydrogen-bond donors (Lipinski definition) is 1. The second-order valence-electron chi connectivity index (χ2n) is 5.82. The standard InChI is InChI=1S/C19H32O2/c1-3-5-6-7-8-9-10-11-16-21-18-14-12-17(13-15-18)19(20)4-2/h12-15,19-20H,3-11,16H2,1-2H3/t19-/m1/s1. The Balaban J connectivity index is 2.05. The first-order chi connectivity index (χ1) is 10.3. The van der Waals surface area contributed by atoms with Gasteiger partial charge in [0, 0.05) is 0 Å². The summed E-state index contributed by atoms with van der Waals surface area (Å²) in [5.74, 6) is 0.907. The normalized spacial score (nSPS) is 12.3. The minimum absolute atomic E-state index is 0.355. The zero-order valence-corrected chi connectivity index (χ0v) is 13.8. The molecule has 2 nitrogen and oxygen atoms in total. The second kappa shape index (κ2) is 11.6. The van der Waals surface area contributed by atoms with E-state index in [9.17, 15) is 5.11 Å². The van der Waals surface area contributed by atoms with E-state index in [2.05, 4.69) is 6.92 Å². The zero-order chi connectivity index (χ0) is 15.3. The van der Waals surface area contributed by atoms with Crippen LogP contribution in [0.2, 0.25) is 0 Å². The van der Waals surface area contributed by atoms with Gasteiger partial charge < -0.3 is 9.84 Å². The second-order valence-corrected chi connectivity index (χ2v) is 5.82. The monoisotopic (exact) mass is 292 g/mol. The molecule has 21 heavy (non-hydrogen) atoms. The molecule has 0 saturated carbocycles. The van der Waals surface area contributed by atoms with Gasteiger partial charge in [-0.3, -0.25) is 0 Å². The lowest BCUT2D eigenvalue weighted by Gasteiger charge is -2.10. The van der Waals surface area contributed by atoms with E-state index in [1.165, 1.54) is 44.9 Å². The molecule has 0 aliphatic rings. The molecule has 0 heterocycles. The van der Waals surface area contributed by atoms with Crippen molar-refractivity contribution in [3.05, 3.63) is 29.8 Å². The van der Waals surface area contributed by atoms with E-state index in [-0.39, 0.29) is 6.10 Å². The highest BCUT2D eigenvalue weighted by molar-refractivity contribution is 5.28. The number of ether oxygens (including phenoxy) is 1. The Morgan fingerprint density at radius 1 is 0.857 bits per heavy atom. The molecule has 1 N–H and O–H groups in total. The van der Waals surface area contributed by atoms with Crippen LogP contribution < -0.4 is 4.74 Å². The summed E-state index contributed by atoms with van der Waals surface area (Å²) < 4.78 is 5.74. The molecule has 1 atom stereocenters. The Hall–Kier alpha value is -1.02. The van der Waals surface area contributed by atoms with Crippen molar-refractivity contribution in [2.75, 3.05) is 6.61 Å². The number of rotatable bonds is 12. The third kappa shape index (κ3) is 8.11. The van der Waals surface area contributed by atoms with Crippen LogP contribution in [0, 0.1) is 0 Å². The summed E-state index contributed by atoms with van der Waals surface area (Å²) >= 11 is 0. The Bertz CT molecular complexity index is 345. The van der Waals surface area contributed by atoms with Crippen molar-refractivity contribution in [3.63, 3.8) is 0 Å². The maximum absolute atomic E-state index is 9.73. The molecule has 2 heteroatoms. The fraction of sp³-hybridized carbons (Fsp3) is 0.684. The highest BCUT2D eigenvalue weighted by atomic mass is 16.5. The molecule has 120 valence electrons. The summed E-state index contributed by atoms with van der Waals surface area (Å²) in [7, 11) is 0. The van der Waals surface area contributed by atoms with Crippen molar-refractivity contribution in [3.8, 4) is 5.75 Å². The van der Waals surface area contributed by atoms with Gasteiger partial charge in [0.05, 0.1) is 12.7 Å².